The Labute approximate surface area is 142 Å². The number of carbonyl (C=O) groups is 1. The molecule has 2 aliphatic rings. The summed E-state index contributed by atoms with van der Waals surface area (Å²) in [6.07, 6.45) is 1.12. The number of piperidine rings is 1. The predicted octanol–water partition coefficient (Wildman–Crippen LogP) is 0.286. The lowest BCUT2D eigenvalue weighted by molar-refractivity contribution is -0.140. The molecule has 3 rings (SSSR count). The van der Waals surface area contributed by atoms with Gasteiger partial charge in [-0.05, 0) is 26.7 Å². The second-order valence-electron chi connectivity index (χ2n) is 6.38. The molecule has 0 atom stereocenters. The predicted molar refractivity (Wildman–Crippen MR) is 86.9 cm³/mol. The molecule has 134 valence electrons. The Bertz CT molecular complexity index is 682. The average Bonchev–Trinajstić information content (AvgIpc) is 2.94. The fourth-order valence-electron chi connectivity index (χ4n) is 3.43. The first kappa shape index (κ1) is 17.4. The van der Waals surface area contributed by atoms with Crippen LogP contribution in [0.2, 0.25) is 0 Å². The van der Waals surface area contributed by atoms with E-state index in [-0.39, 0.29) is 16.7 Å². The summed E-state index contributed by atoms with van der Waals surface area (Å²) in [6.45, 7) is 6.55. The third-order valence-electron chi connectivity index (χ3n) is 4.78. The minimum atomic E-state index is -3.56. The van der Waals surface area contributed by atoms with Crippen LogP contribution in [0.1, 0.15) is 24.2 Å². The molecular weight excluding hydrogens is 332 g/mol. The summed E-state index contributed by atoms with van der Waals surface area (Å²) in [5.74, 6) is 0.0344. The summed E-state index contributed by atoms with van der Waals surface area (Å²) >= 11 is 0. The number of aromatic nitrogens is 2. The number of morpholine rings is 1. The number of nitrogens with one attached hydrogen (secondary N) is 1. The quantitative estimate of drug-likeness (QED) is 0.840. The maximum atomic E-state index is 12.8. The highest BCUT2D eigenvalue weighted by molar-refractivity contribution is 7.89. The highest BCUT2D eigenvalue weighted by Crippen LogP contribution is 2.27. The number of hydrogen-bond donors (Lipinski definition) is 1. The van der Waals surface area contributed by atoms with Crippen molar-refractivity contribution in [2.24, 2.45) is 5.92 Å². The van der Waals surface area contributed by atoms with E-state index in [9.17, 15) is 13.2 Å². The summed E-state index contributed by atoms with van der Waals surface area (Å²) in [5, 5.41) is 6.70. The van der Waals surface area contributed by atoms with E-state index >= 15 is 0 Å². The molecule has 0 unspecified atom stereocenters. The fourth-order valence-corrected chi connectivity index (χ4v) is 5.24. The minimum Gasteiger partial charge on any atom is -0.378 e. The van der Waals surface area contributed by atoms with Crippen LogP contribution < -0.4 is 0 Å². The molecule has 0 spiro atoms. The topological polar surface area (TPSA) is 95.6 Å². The van der Waals surface area contributed by atoms with E-state index in [1.165, 1.54) is 4.31 Å². The maximum absolute atomic E-state index is 12.8. The van der Waals surface area contributed by atoms with Crippen LogP contribution in [0.5, 0.6) is 0 Å². The second kappa shape index (κ2) is 6.81. The third-order valence-corrected chi connectivity index (χ3v) is 6.95. The second-order valence-corrected chi connectivity index (χ2v) is 8.25. The van der Waals surface area contributed by atoms with Crippen LogP contribution in [0, 0.1) is 19.8 Å². The lowest BCUT2D eigenvalue weighted by Crippen LogP contribution is -2.47. The van der Waals surface area contributed by atoms with Crippen molar-refractivity contribution < 1.29 is 17.9 Å². The number of hydrogen-bond acceptors (Lipinski definition) is 5. The summed E-state index contributed by atoms with van der Waals surface area (Å²) in [6, 6.07) is 0. The smallest absolute Gasteiger partial charge is 0.246 e. The number of rotatable bonds is 3. The molecule has 0 bridgehead atoms. The van der Waals surface area contributed by atoms with Crippen molar-refractivity contribution in [1.82, 2.24) is 19.4 Å². The zero-order chi connectivity index (χ0) is 17.3. The highest BCUT2D eigenvalue weighted by atomic mass is 32.2. The largest absolute Gasteiger partial charge is 0.378 e. The number of nitrogens with zero attached hydrogens (tertiary/aromatic N) is 3. The van der Waals surface area contributed by atoms with E-state index in [1.54, 1.807) is 13.8 Å². The standard InChI is InChI=1S/C15H24N4O4S/c1-11-14(12(2)17-16-11)24(21,22)19-5-3-13(4-6-19)15(20)18-7-9-23-10-8-18/h13H,3-10H2,1-2H3,(H,16,17). The Morgan fingerprint density at radius 2 is 1.79 bits per heavy atom. The molecule has 1 N–H and O–H groups in total. The van der Waals surface area contributed by atoms with Crippen LogP contribution in [-0.2, 0) is 19.6 Å². The molecule has 8 nitrogen and oxygen atoms in total. The number of ether oxygens (including phenoxy) is 1. The average molecular weight is 356 g/mol. The Morgan fingerprint density at radius 1 is 1.17 bits per heavy atom. The molecule has 9 heteroatoms. The molecule has 0 saturated carbocycles. The number of H-pyrrole nitrogens is 1. The molecule has 1 aromatic rings. The van der Waals surface area contributed by atoms with Gasteiger partial charge < -0.3 is 9.64 Å². The van der Waals surface area contributed by atoms with E-state index in [0.29, 0.717) is 63.6 Å². The first-order chi connectivity index (χ1) is 11.4. The van der Waals surface area contributed by atoms with Gasteiger partial charge in [-0.2, -0.15) is 9.40 Å². The highest BCUT2D eigenvalue weighted by Gasteiger charge is 2.36. The first-order valence-corrected chi connectivity index (χ1v) is 9.73. The van der Waals surface area contributed by atoms with Crippen molar-refractivity contribution in [3.05, 3.63) is 11.4 Å². The number of sulfonamides is 1. The molecule has 2 aliphatic heterocycles. The Hall–Kier alpha value is -1.45. The van der Waals surface area contributed by atoms with E-state index in [0.717, 1.165) is 0 Å². The van der Waals surface area contributed by atoms with Gasteiger partial charge in [-0.15, -0.1) is 0 Å². The Balaban J connectivity index is 1.65. The molecule has 1 aromatic heterocycles. The van der Waals surface area contributed by atoms with Crippen LogP contribution in [-0.4, -0.2) is 73.1 Å². The van der Waals surface area contributed by atoms with Crippen LogP contribution in [0.3, 0.4) is 0 Å². The molecule has 3 heterocycles. The molecule has 24 heavy (non-hydrogen) atoms. The van der Waals surface area contributed by atoms with Gasteiger partial charge in [0.1, 0.15) is 4.90 Å². The van der Waals surface area contributed by atoms with Gasteiger partial charge in [0.05, 0.1) is 24.6 Å². The van der Waals surface area contributed by atoms with E-state index < -0.39 is 10.0 Å². The van der Waals surface area contributed by atoms with Crippen LogP contribution in [0.4, 0.5) is 0 Å². The third kappa shape index (κ3) is 3.20. The zero-order valence-electron chi connectivity index (χ0n) is 14.1. The Kier molecular flexibility index (Phi) is 4.93. The van der Waals surface area contributed by atoms with Crippen LogP contribution >= 0.6 is 0 Å². The Morgan fingerprint density at radius 3 is 2.33 bits per heavy atom. The molecule has 0 radical (unpaired) electrons. The number of aryl methyl sites for hydroxylation is 2. The van der Waals surface area contributed by atoms with Gasteiger partial charge in [0, 0.05) is 32.1 Å². The lowest BCUT2D eigenvalue weighted by atomic mass is 9.96. The van der Waals surface area contributed by atoms with Gasteiger partial charge in [0.15, 0.2) is 0 Å². The van der Waals surface area contributed by atoms with Crippen LogP contribution in [0.15, 0.2) is 4.90 Å². The van der Waals surface area contributed by atoms with Gasteiger partial charge in [0.2, 0.25) is 15.9 Å². The normalized spacial score (nSPS) is 21.2. The number of amides is 1. The first-order valence-electron chi connectivity index (χ1n) is 8.29. The van der Waals surface area contributed by atoms with E-state index in [1.807, 2.05) is 4.90 Å². The van der Waals surface area contributed by atoms with Gasteiger partial charge in [-0.3, -0.25) is 9.89 Å². The molecule has 2 fully saturated rings. The molecular formula is C15H24N4O4S. The fraction of sp³-hybridized carbons (Fsp3) is 0.733. The molecule has 2 saturated heterocycles. The van der Waals surface area contributed by atoms with Crippen molar-refractivity contribution in [3.63, 3.8) is 0 Å². The van der Waals surface area contributed by atoms with Crippen LogP contribution in [0.25, 0.3) is 0 Å². The summed E-state index contributed by atoms with van der Waals surface area (Å²) in [7, 11) is -3.56. The van der Waals surface area contributed by atoms with Crippen molar-refractivity contribution in [3.8, 4) is 0 Å². The summed E-state index contributed by atoms with van der Waals surface area (Å²) < 4.78 is 32.4. The zero-order valence-corrected chi connectivity index (χ0v) is 14.9. The van der Waals surface area contributed by atoms with E-state index in [4.69, 9.17) is 4.74 Å². The SMILES string of the molecule is Cc1n[nH]c(C)c1S(=O)(=O)N1CCC(C(=O)N2CCOCC2)CC1. The van der Waals surface area contributed by atoms with Crippen molar-refractivity contribution in [1.29, 1.82) is 0 Å². The summed E-state index contributed by atoms with van der Waals surface area (Å²) in [4.78, 5) is 14.6. The van der Waals surface area contributed by atoms with Crippen molar-refractivity contribution in [2.75, 3.05) is 39.4 Å². The molecule has 0 aliphatic carbocycles. The van der Waals surface area contributed by atoms with Gasteiger partial charge in [-0.1, -0.05) is 0 Å². The monoisotopic (exact) mass is 356 g/mol. The van der Waals surface area contributed by atoms with E-state index in [2.05, 4.69) is 10.2 Å². The van der Waals surface area contributed by atoms with Crippen molar-refractivity contribution >= 4 is 15.9 Å². The summed E-state index contributed by atoms with van der Waals surface area (Å²) in [5.41, 5.74) is 1.04. The minimum absolute atomic E-state index is 0.0962. The van der Waals surface area contributed by atoms with Gasteiger partial charge >= 0.3 is 0 Å². The molecule has 1 amide bonds. The maximum Gasteiger partial charge on any atom is 0.246 e. The molecule has 0 aromatic carbocycles. The lowest BCUT2D eigenvalue weighted by Gasteiger charge is -2.35. The number of carbonyl (C=O) groups excluding carboxylic acids is 1. The van der Waals surface area contributed by atoms with Gasteiger partial charge in [0.25, 0.3) is 0 Å². The van der Waals surface area contributed by atoms with Gasteiger partial charge in [-0.25, -0.2) is 8.42 Å². The number of aromatic amines is 1. The van der Waals surface area contributed by atoms with Crippen molar-refractivity contribution in [2.45, 2.75) is 31.6 Å².